The van der Waals surface area contributed by atoms with Crippen LogP contribution in [-0.2, 0) is 12.1 Å². The molecular weight excluding hydrogens is 456 g/mol. The van der Waals surface area contributed by atoms with E-state index < -0.39 is 52.9 Å². The van der Waals surface area contributed by atoms with E-state index in [1.54, 1.807) is 23.2 Å². The van der Waals surface area contributed by atoms with Crippen molar-refractivity contribution in [3.63, 3.8) is 0 Å². The number of hydrogen-bond donors (Lipinski definition) is 3. The van der Waals surface area contributed by atoms with Crippen LogP contribution in [0.5, 0.6) is 0 Å². The van der Waals surface area contributed by atoms with E-state index in [4.69, 9.17) is 0 Å². The summed E-state index contributed by atoms with van der Waals surface area (Å²) in [5.74, 6) is -1.72. The van der Waals surface area contributed by atoms with Crippen molar-refractivity contribution >= 4 is 11.7 Å². The van der Waals surface area contributed by atoms with Crippen LogP contribution in [0.3, 0.4) is 0 Å². The van der Waals surface area contributed by atoms with Crippen molar-refractivity contribution in [2.24, 2.45) is 0 Å². The summed E-state index contributed by atoms with van der Waals surface area (Å²) in [4.78, 5) is 31.8. The van der Waals surface area contributed by atoms with Crippen LogP contribution in [0.2, 0.25) is 0 Å². The second-order valence-corrected chi connectivity index (χ2v) is 7.14. The number of pyridine rings is 1. The second-order valence-electron chi connectivity index (χ2n) is 7.14. The van der Waals surface area contributed by atoms with Crippen molar-refractivity contribution in [1.82, 2.24) is 14.5 Å². The lowest BCUT2D eigenvalue weighted by Gasteiger charge is -2.35. The Morgan fingerprint density at radius 1 is 0.939 bits per heavy atom. The molecule has 3 N–H and O–H groups in total. The number of H-pyrrole nitrogens is 1. The lowest BCUT2D eigenvalue weighted by molar-refractivity contribution is -0.658. The van der Waals surface area contributed by atoms with Gasteiger partial charge in [0.1, 0.15) is 5.56 Å². The van der Waals surface area contributed by atoms with Gasteiger partial charge in [-0.1, -0.05) is 36.4 Å². The molecular formula is C20H14F6N5O2+. The molecule has 4 rings (SSSR count). The lowest BCUT2D eigenvalue weighted by atomic mass is 9.88. The smallest absolute Gasteiger partial charge is 0.273 e. The minimum Gasteiger partial charge on any atom is -0.273 e. The molecule has 0 spiro atoms. The minimum atomic E-state index is -6.02. The summed E-state index contributed by atoms with van der Waals surface area (Å²) in [6, 6.07) is 11.8. The van der Waals surface area contributed by atoms with E-state index in [-0.39, 0.29) is 5.69 Å². The Bertz CT molecular complexity index is 1310. The number of alkyl halides is 6. The highest BCUT2D eigenvalue weighted by Crippen LogP contribution is 2.48. The van der Waals surface area contributed by atoms with Crippen LogP contribution in [-0.4, -0.2) is 32.7 Å². The highest BCUT2D eigenvalue weighted by atomic mass is 19.4. The number of nitrogens with one attached hydrogen (secondary N) is 3. The highest BCUT2D eigenvalue weighted by Gasteiger charge is 2.78. The van der Waals surface area contributed by atoms with E-state index in [0.717, 1.165) is 0 Å². The van der Waals surface area contributed by atoms with Gasteiger partial charge in [-0.2, -0.15) is 26.3 Å². The Morgan fingerprint density at radius 3 is 2.15 bits per heavy atom. The second kappa shape index (κ2) is 7.60. The van der Waals surface area contributed by atoms with Gasteiger partial charge in [0, 0.05) is 6.20 Å². The molecule has 3 heterocycles. The number of fused-ring (bicyclic) bond motifs is 1. The molecule has 13 heteroatoms. The molecule has 7 nitrogen and oxygen atoms in total. The Hall–Kier alpha value is -3.90. The molecule has 0 saturated carbocycles. The van der Waals surface area contributed by atoms with Crippen molar-refractivity contribution in [2.45, 2.75) is 24.4 Å². The molecule has 0 amide bonds. The summed E-state index contributed by atoms with van der Waals surface area (Å²) in [6.07, 6.45) is -10.9. The first-order valence-electron chi connectivity index (χ1n) is 9.34. The van der Waals surface area contributed by atoms with Gasteiger partial charge in [0.25, 0.3) is 5.56 Å². The number of aromatic amines is 1. The Labute approximate surface area is 180 Å². The summed E-state index contributed by atoms with van der Waals surface area (Å²) in [7, 11) is 0. The van der Waals surface area contributed by atoms with Crippen molar-refractivity contribution in [3.05, 3.63) is 92.4 Å². The van der Waals surface area contributed by atoms with Gasteiger partial charge in [0.15, 0.2) is 5.69 Å². The van der Waals surface area contributed by atoms with Crippen LogP contribution in [0.4, 0.5) is 32.2 Å². The van der Waals surface area contributed by atoms with Gasteiger partial charge in [0.2, 0.25) is 5.82 Å². The van der Waals surface area contributed by atoms with Gasteiger partial charge in [-0.05, 0) is 17.7 Å². The van der Waals surface area contributed by atoms with Crippen LogP contribution in [0.1, 0.15) is 16.8 Å². The molecule has 1 aliphatic heterocycles. The predicted molar refractivity (Wildman–Crippen MR) is 104 cm³/mol. The van der Waals surface area contributed by atoms with Crippen molar-refractivity contribution in [1.29, 1.82) is 0 Å². The monoisotopic (exact) mass is 470 g/mol. The van der Waals surface area contributed by atoms with E-state index in [9.17, 15) is 35.9 Å². The quantitative estimate of drug-likeness (QED) is 0.503. The molecule has 0 aliphatic carbocycles. The summed E-state index contributed by atoms with van der Waals surface area (Å²) >= 11 is 0. The van der Waals surface area contributed by atoms with Crippen LogP contribution < -0.4 is 21.6 Å². The van der Waals surface area contributed by atoms with Gasteiger partial charge in [-0.25, -0.2) is 20.1 Å². The maximum Gasteiger partial charge on any atom is 0.446 e. The summed E-state index contributed by atoms with van der Waals surface area (Å²) in [6.45, 7) is -0.410. The van der Waals surface area contributed by atoms with Gasteiger partial charge < -0.3 is 0 Å². The number of anilines is 1. The van der Waals surface area contributed by atoms with Crippen molar-refractivity contribution in [2.75, 3.05) is 5.32 Å². The molecule has 0 saturated heterocycles. The Kier molecular flexibility index (Phi) is 5.14. The fourth-order valence-corrected chi connectivity index (χ4v) is 3.59. The summed E-state index contributed by atoms with van der Waals surface area (Å²) < 4.78 is 85.9. The number of benzene rings is 1. The fraction of sp³-hybridized carbons (Fsp3) is 0.200. The molecule has 0 unspecified atom stereocenters. The SMILES string of the molecule is O=c1[nH]c(=O)n(Cc2ccccc2)c2c1C(C(F)(F)F)(C(F)(F)F)[NH+]=C(c1ccccn1)N2. The zero-order valence-electron chi connectivity index (χ0n) is 16.4. The van der Waals surface area contributed by atoms with Crippen LogP contribution in [0.15, 0.2) is 64.3 Å². The third kappa shape index (κ3) is 3.58. The van der Waals surface area contributed by atoms with Crippen LogP contribution in [0.25, 0.3) is 0 Å². The molecule has 33 heavy (non-hydrogen) atoms. The Balaban J connectivity index is 2.10. The average Bonchev–Trinajstić information content (AvgIpc) is 2.75. The summed E-state index contributed by atoms with van der Waals surface area (Å²) in [5.41, 5.74) is -9.44. The Morgan fingerprint density at radius 2 is 1.58 bits per heavy atom. The van der Waals surface area contributed by atoms with E-state index in [1.165, 1.54) is 41.5 Å². The molecule has 0 atom stereocenters. The molecule has 172 valence electrons. The zero-order chi connectivity index (χ0) is 24.0. The van der Waals surface area contributed by atoms with E-state index >= 15 is 0 Å². The molecule has 1 aromatic carbocycles. The minimum absolute atomic E-state index is 0.292. The first-order valence-corrected chi connectivity index (χ1v) is 9.34. The molecule has 0 bridgehead atoms. The van der Waals surface area contributed by atoms with E-state index in [1.807, 2.05) is 0 Å². The lowest BCUT2D eigenvalue weighted by Crippen LogP contribution is -2.97. The first-order chi connectivity index (χ1) is 15.5. The van der Waals surface area contributed by atoms with E-state index in [2.05, 4.69) is 10.3 Å². The maximum absolute atomic E-state index is 14.2. The number of halogens is 6. The van der Waals surface area contributed by atoms with Crippen LogP contribution in [0, 0.1) is 0 Å². The third-order valence-corrected chi connectivity index (χ3v) is 5.09. The average molecular weight is 470 g/mol. The highest BCUT2D eigenvalue weighted by molar-refractivity contribution is 6.03. The normalized spacial score (nSPS) is 15.4. The number of aromatic nitrogens is 3. The van der Waals surface area contributed by atoms with Crippen molar-refractivity contribution < 1.29 is 31.3 Å². The third-order valence-electron chi connectivity index (χ3n) is 5.09. The molecule has 0 radical (unpaired) electrons. The van der Waals surface area contributed by atoms with Gasteiger partial charge in [-0.3, -0.25) is 14.3 Å². The summed E-state index contributed by atoms with van der Waals surface area (Å²) in [5, 5.41) is 2.37. The number of hydrogen-bond acceptors (Lipinski definition) is 4. The number of amidine groups is 1. The predicted octanol–water partition coefficient (Wildman–Crippen LogP) is 1.25. The topological polar surface area (TPSA) is 93.8 Å². The first kappa shape index (κ1) is 22.3. The van der Waals surface area contributed by atoms with E-state index in [0.29, 0.717) is 10.1 Å². The number of rotatable bonds is 3. The van der Waals surface area contributed by atoms with Gasteiger partial charge in [0.05, 0.1) is 6.54 Å². The largest absolute Gasteiger partial charge is 0.446 e. The molecule has 0 fully saturated rings. The maximum atomic E-state index is 14.2. The zero-order valence-corrected chi connectivity index (χ0v) is 16.4. The molecule has 1 aliphatic rings. The van der Waals surface area contributed by atoms with Crippen molar-refractivity contribution in [3.8, 4) is 0 Å². The fourth-order valence-electron chi connectivity index (χ4n) is 3.59. The van der Waals surface area contributed by atoms with Crippen LogP contribution >= 0.6 is 0 Å². The number of nitrogens with zero attached hydrogens (tertiary/aromatic N) is 2. The van der Waals surface area contributed by atoms with Gasteiger partial charge in [-0.15, -0.1) is 0 Å². The standard InChI is InChI=1S/C20H13F6N5O2/c21-19(22,23)18(20(24,25)26)13-15(28-14(30-18)12-8-4-5-9-27-12)31(17(33)29-16(13)32)10-11-6-2-1-3-7-11/h1-9H,10H2,(H,28,30)(H,29,32,33)/p+1. The molecule has 3 aromatic rings. The van der Waals surface area contributed by atoms with Gasteiger partial charge >= 0.3 is 29.4 Å². The molecule has 2 aromatic heterocycles.